The number of carbonyl (C=O) groups is 1. The third kappa shape index (κ3) is 2.57. The van der Waals surface area contributed by atoms with E-state index in [0.717, 1.165) is 35.6 Å². The Kier molecular flexibility index (Phi) is 3.90. The molecule has 0 spiro atoms. The average molecular weight is 376 g/mol. The van der Waals surface area contributed by atoms with Crippen LogP contribution in [0.15, 0.2) is 42.0 Å². The zero-order valence-corrected chi connectivity index (χ0v) is 16.4. The van der Waals surface area contributed by atoms with E-state index in [4.69, 9.17) is 0 Å². The van der Waals surface area contributed by atoms with E-state index in [-0.39, 0.29) is 5.91 Å². The quantitative estimate of drug-likeness (QED) is 0.759. The van der Waals surface area contributed by atoms with Crippen molar-refractivity contribution in [3.63, 3.8) is 0 Å². The number of aromatic nitrogens is 1. The van der Waals surface area contributed by atoms with Crippen LogP contribution in [0.5, 0.6) is 0 Å². The van der Waals surface area contributed by atoms with Gasteiger partial charge in [-0.2, -0.15) is 0 Å². The maximum Gasteiger partial charge on any atom is 0.270 e. The van der Waals surface area contributed by atoms with Gasteiger partial charge in [0, 0.05) is 30.0 Å². The SMILES string of the molecule is O=C(c1cc2ccccc2[nH]1)N1CCCC2=CC3CC(CN4CCCC[C@H]34)[C@@H]21. The van der Waals surface area contributed by atoms with Gasteiger partial charge in [0.15, 0.2) is 0 Å². The van der Waals surface area contributed by atoms with Crippen LogP contribution in [0.1, 0.15) is 49.0 Å². The van der Waals surface area contributed by atoms with Crippen LogP contribution in [0.4, 0.5) is 0 Å². The number of rotatable bonds is 1. The standard InChI is InChI=1S/C24H29N3O/c28-24(21-14-16-6-1-2-8-20(16)25-21)27-11-5-7-17-12-18-13-19(23(17)27)15-26-10-4-3-9-22(18)26/h1-2,6,8,12,14,18-19,22-23,25H,3-5,7,9-11,13,15H2/t18?,19?,22-,23-/m1/s1. The van der Waals surface area contributed by atoms with E-state index >= 15 is 0 Å². The number of aromatic amines is 1. The van der Waals surface area contributed by atoms with Gasteiger partial charge < -0.3 is 9.88 Å². The molecule has 3 fully saturated rings. The molecule has 3 aliphatic heterocycles. The number of piperidine rings is 3. The summed E-state index contributed by atoms with van der Waals surface area (Å²) in [7, 11) is 0. The summed E-state index contributed by atoms with van der Waals surface area (Å²) in [5.74, 6) is 1.51. The maximum atomic E-state index is 13.5. The van der Waals surface area contributed by atoms with Crippen LogP contribution in [0, 0.1) is 11.8 Å². The summed E-state index contributed by atoms with van der Waals surface area (Å²) in [5, 5.41) is 1.12. The van der Waals surface area contributed by atoms with Gasteiger partial charge in [-0.1, -0.05) is 36.3 Å². The van der Waals surface area contributed by atoms with Gasteiger partial charge in [-0.25, -0.2) is 0 Å². The Hall–Kier alpha value is -2.07. The van der Waals surface area contributed by atoms with E-state index in [9.17, 15) is 4.79 Å². The maximum absolute atomic E-state index is 13.5. The Balaban J connectivity index is 1.34. The predicted octanol–water partition coefficient (Wildman–Crippen LogP) is 4.20. The van der Waals surface area contributed by atoms with Crippen molar-refractivity contribution in [2.75, 3.05) is 19.6 Å². The minimum atomic E-state index is 0.186. The van der Waals surface area contributed by atoms with E-state index in [1.54, 1.807) is 5.57 Å². The highest BCUT2D eigenvalue weighted by Crippen LogP contribution is 2.45. The number of amides is 1. The monoisotopic (exact) mass is 375 g/mol. The second-order valence-electron chi connectivity index (χ2n) is 9.28. The fourth-order valence-corrected chi connectivity index (χ4v) is 6.54. The number of hydrogen-bond acceptors (Lipinski definition) is 2. The largest absolute Gasteiger partial charge is 0.351 e. The van der Waals surface area contributed by atoms with Crippen molar-refractivity contribution in [1.82, 2.24) is 14.8 Å². The fraction of sp³-hybridized carbons (Fsp3) is 0.542. The van der Waals surface area contributed by atoms with E-state index in [2.05, 4.69) is 33.0 Å². The minimum Gasteiger partial charge on any atom is -0.351 e. The molecule has 4 nitrogen and oxygen atoms in total. The summed E-state index contributed by atoms with van der Waals surface area (Å²) in [4.78, 5) is 21.8. The first kappa shape index (κ1) is 16.8. The van der Waals surface area contributed by atoms with Crippen molar-refractivity contribution in [2.24, 2.45) is 11.8 Å². The number of H-pyrrole nitrogens is 1. The third-order valence-corrected chi connectivity index (χ3v) is 7.68. The molecule has 1 N–H and O–H groups in total. The smallest absolute Gasteiger partial charge is 0.270 e. The summed E-state index contributed by atoms with van der Waals surface area (Å²) in [6.45, 7) is 3.32. The molecule has 4 atom stereocenters. The molecule has 4 heteroatoms. The number of likely N-dealkylation sites (tertiary alicyclic amines) is 1. The molecule has 1 aromatic carbocycles. The number of benzene rings is 1. The highest BCUT2D eigenvalue weighted by Gasteiger charge is 2.47. The van der Waals surface area contributed by atoms with E-state index in [0.29, 0.717) is 17.9 Å². The molecule has 0 radical (unpaired) electrons. The molecular formula is C24H29N3O. The van der Waals surface area contributed by atoms with E-state index in [1.807, 2.05) is 18.2 Å². The summed E-state index contributed by atoms with van der Waals surface area (Å²) in [6.07, 6.45) is 10.2. The highest BCUT2D eigenvalue weighted by atomic mass is 16.2. The van der Waals surface area contributed by atoms with Gasteiger partial charge in [0.25, 0.3) is 5.91 Å². The second kappa shape index (κ2) is 6.48. The predicted molar refractivity (Wildman–Crippen MR) is 111 cm³/mol. The Bertz CT molecular complexity index is 911. The Morgan fingerprint density at radius 1 is 1.11 bits per heavy atom. The van der Waals surface area contributed by atoms with Crippen LogP contribution in [-0.2, 0) is 0 Å². The first-order chi connectivity index (χ1) is 13.8. The Morgan fingerprint density at radius 3 is 2.96 bits per heavy atom. The number of nitrogens with one attached hydrogen (secondary N) is 1. The number of para-hydroxylation sites is 1. The molecule has 2 unspecified atom stereocenters. The van der Waals surface area contributed by atoms with Crippen molar-refractivity contribution in [3.05, 3.63) is 47.7 Å². The van der Waals surface area contributed by atoms with Gasteiger partial charge in [-0.05, 0) is 62.6 Å². The Labute approximate surface area is 166 Å². The van der Waals surface area contributed by atoms with Crippen molar-refractivity contribution < 1.29 is 4.79 Å². The first-order valence-corrected chi connectivity index (χ1v) is 11.1. The van der Waals surface area contributed by atoms with Gasteiger partial charge in [-0.3, -0.25) is 9.69 Å². The van der Waals surface area contributed by atoms with Crippen LogP contribution < -0.4 is 0 Å². The zero-order chi connectivity index (χ0) is 18.7. The molecule has 4 heterocycles. The van der Waals surface area contributed by atoms with Crippen LogP contribution in [0.2, 0.25) is 0 Å². The minimum absolute atomic E-state index is 0.186. The lowest BCUT2D eigenvalue weighted by Crippen LogP contribution is -2.60. The molecule has 6 rings (SSSR count). The molecule has 2 bridgehead atoms. The molecule has 1 aromatic heterocycles. The molecule has 3 saturated heterocycles. The topological polar surface area (TPSA) is 39.3 Å². The van der Waals surface area contributed by atoms with Gasteiger partial charge >= 0.3 is 0 Å². The fourth-order valence-electron chi connectivity index (χ4n) is 6.54. The Morgan fingerprint density at radius 2 is 2.04 bits per heavy atom. The van der Waals surface area contributed by atoms with Gasteiger partial charge in [0.2, 0.25) is 0 Å². The van der Waals surface area contributed by atoms with Crippen LogP contribution >= 0.6 is 0 Å². The summed E-state index contributed by atoms with van der Waals surface area (Å²) in [6, 6.07) is 11.3. The van der Waals surface area contributed by atoms with E-state index in [1.165, 1.54) is 45.2 Å². The number of fused-ring (bicyclic) bond motifs is 7. The second-order valence-corrected chi connectivity index (χ2v) is 9.28. The van der Waals surface area contributed by atoms with Crippen molar-refractivity contribution in [1.29, 1.82) is 0 Å². The first-order valence-electron chi connectivity index (χ1n) is 11.1. The highest BCUT2D eigenvalue weighted by molar-refractivity contribution is 5.98. The molecule has 0 saturated carbocycles. The summed E-state index contributed by atoms with van der Waals surface area (Å²) in [5.41, 5.74) is 3.36. The van der Waals surface area contributed by atoms with Gasteiger partial charge in [0.1, 0.15) is 5.69 Å². The average Bonchev–Trinajstić information content (AvgIpc) is 3.17. The van der Waals surface area contributed by atoms with Crippen LogP contribution in [-0.4, -0.2) is 52.4 Å². The molecular weight excluding hydrogens is 346 g/mol. The number of carbonyl (C=O) groups excluding carboxylic acids is 1. The third-order valence-electron chi connectivity index (χ3n) is 7.68. The molecule has 2 aromatic rings. The zero-order valence-electron chi connectivity index (χ0n) is 16.4. The lowest BCUT2D eigenvalue weighted by atomic mass is 9.68. The van der Waals surface area contributed by atoms with Crippen molar-refractivity contribution in [3.8, 4) is 0 Å². The van der Waals surface area contributed by atoms with E-state index < -0.39 is 0 Å². The molecule has 4 aliphatic rings. The lowest BCUT2D eigenvalue weighted by molar-refractivity contribution is 0.00134. The van der Waals surface area contributed by atoms with Gasteiger partial charge in [-0.15, -0.1) is 0 Å². The van der Waals surface area contributed by atoms with Gasteiger partial charge in [0.05, 0.1) is 6.04 Å². The van der Waals surface area contributed by atoms with Crippen LogP contribution in [0.3, 0.4) is 0 Å². The normalized spacial score (nSPS) is 32.6. The molecule has 1 amide bonds. The molecule has 1 aliphatic carbocycles. The van der Waals surface area contributed by atoms with Crippen molar-refractivity contribution >= 4 is 16.8 Å². The molecule has 28 heavy (non-hydrogen) atoms. The number of nitrogens with zero attached hydrogens (tertiary/aromatic N) is 2. The number of hydrogen-bond donors (Lipinski definition) is 1. The lowest BCUT2D eigenvalue weighted by Gasteiger charge is -2.54. The van der Waals surface area contributed by atoms with Crippen molar-refractivity contribution in [2.45, 2.75) is 50.6 Å². The summed E-state index contributed by atoms with van der Waals surface area (Å²) < 4.78 is 0. The molecule has 146 valence electrons. The summed E-state index contributed by atoms with van der Waals surface area (Å²) >= 11 is 0. The van der Waals surface area contributed by atoms with Crippen LogP contribution in [0.25, 0.3) is 10.9 Å².